The van der Waals surface area contributed by atoms with Crippen LogP contribution in [-0.2, 0) is 26.0 Å². The zero-order chi connectivity index (χ0) is 26.6. The maximum absolute atomic E-state index is 13.4. The van der Waals surface area contributed by atoms with Gasteiger partial charge < -0.3 is 15.0 Å². The summed E-state index contributed by atoms with van der Waals surface area (Å²) in [6, 6.07) is 16.1. The van der Waals surface area contributed by atoms with Crippen LogP contribution in [0.25, 0.3) is 0 Å². The van der Waals surface area contributed by atoms with Crippen LogP contribution in [0.2, 0.25) is 0 Å². The Morgan fingerprint density at radius 3 is 2.28 bits per heavy atom. The molecule has 1 atom stereocenters. The Morgan fingerprint density at radius 1 is 1.00 bits per heavy atom. The van der Waals surface area contributed by atoms with Crippen molar-refractivity contribution in [2.75, 3.05) is 37.3 Å². The summed E-state index contributed by atoms with van der Waals surface area (Å²) in [5, 5.41) is 2.91. The molecule has 36 heavy (non-hydrogen) atoms. The molecule has 2 aromatic rings. The first-order valence-corrected chi connectivity index (χ1v) is 14.3. The third-order valence-electron chi connectivity index (χ3n) is 5.93. The molecule has 0 aromatic heterocycles. The number of hydrogen-bond donors (Lipinski definition) is 1. The van der Waals surface area contributed by atoms with Gasteiger partial charge in [0.15, 0.2) is 0 Å². The molecular formula is C27H39N3O5S. The highest BCUT2D eigenvalue weighted by Crippen LogP contribution is 2.29. The Bertz CT molecular complexity index is 1080. The van der Waals surface area contributed by atoms with E-state index in [1.165, 1.54) is 11.4 Å². The fourth-order valence-electron chi connectivity index (χ4n) is 4.08. The quantitative estimate of drug-likeness (QED) is 0.389. The molecule has 0 radical (unpaired) electrons. The summed E-state index contributed by atoms with van der Waals surface area (Å²) in [5.41, 5.74) is 1.51. The minimum Gasteiger partial charge on any atom is -0.495 e. The molecule has 9 heteroatoms. The number of hydrogen-bond acceptors (Lipinski definition) is 5. The van der Waals surface area contributed by atoms with Crippen LogP contribution < -0.4 is 14.4 Å². The first-order chi connectivity index (χ1) is 17.2. The Balaban J connectivity index is 2.17. The Labute approximate surface area is 215 Å². The number of sulfonamides is 1. The first kappa shape index (κ1) is 29.2. The van der Waals surface area contributed by atoms with Crippen molar-refractivity contribution in [2.45, 2.75) is 52.0 Å². The summed E-state index contributed by atoms with van der Waals surface area (Å²) in [5.74, 6) is 0.114. The highest BCUT2D eigenvalue weighted by molar-refractivity contribution is 7.92. The average molecular weight is 518 g/mol. The van der Waals surface area contributed by atoms with Gasteiger partial charge in [-0.3, -0.25) is 13.9 Å². The summed E-state index contributed by atoms with van der Waals surface area (Å²) in [7, 11) is -2.11. The molecule has 8 nitrogen and oxygen atoms in total. The molecule has 0 spiro atoms. The maximum atomic E-state index is 13.4. The van der Waals surface area contributed by atoms with Gasteiger partial charge in [0.05, 0.1) is 19.1 Å². The summed E-state index contributed by atoms with van der Waals surface area (Å²) in [6.07, 6.45) is 3.49. The SMILES string of the molecule is CCCNC(=O)[C@@H](CC)N(CCc1ccccc1)C(=O)CCCN(c1ccccc1OC)S(C)(=O)=O. The second-order valence-electron chi connectivity index (χ2n) is 8.65. The molecule has 0 bridgehead atoms. The standard InChI is InChI=1S/C27H39N3O5S/c1-5-19-28-27(32)23(6-2)29(21-18-22-13-8-7-9-14-22)26(31)17-12-20-30(36(4,33)34)24-15-10-11-16-25(24)35-3/h7-11,13-16,23H,5-6,12,17-21H2,1-4H3,(H,28,32)/t23-/m1/s1. The molecule has 0 heterocycles. The molecule has 0 saturated heterocycles. The number of carbonyl (C=O) groups is 2. The van der Waals surface area contributed by atoms with E-state index in [9.17, 15) is 18.0 Å². The fraction of sp³-hybridized carbons (Fsp3) is 0.481. The number of rotatable bonds is 15. The zero-order valence-electron chi connectivity index (χ0n) is 21.8. The van der Waals surface area contributed by atoms with Crippen LogP contribution >= 0.6 is 0 Å². The van der Waals surface area contributed by atoms with Gasteiger partial charge in [-0.15, -0.1) is 0 Å². The topological polar surface area (TPSA) is 96.0 Å². The molecular weight excluding hydrogens is 478 g/mol. The van der Waals surface area contributed by atoms with Crippen LogP contribution in [0.1, 0.15) is 45.1 Å². The molecule has 0 saturated carbocycles. The Hall–Kier alpha value is -3.07. The average Bonchev–Trinajstić information content (AvgIpc) is 2.87. The lowest BCUT2D eigenvalue weighted by molar-refractivity contribution is -0.140. The summed E-state index contributed by atoms with van der Waals surface area (Å²) in [4.78, 5) is 27.9. The first-order valence-electron chi connectivity index (χ1n) is 12.4. The number of nitrogens with one attached hydrogen (secondary N) is 1. The zero-order valence-corrected chi connectivity index (χ0v) is 22.6. The van der Waals surface area contributed by atoms with Crippen molar-refractivity contribution < 1.29 is 22.7 Å². The fourth-order valence-corrected chi connectivity index (χ4v) is 5.05. The highest BCUT2D eigenvalue weighted by atomic mass is 32.2. The number of carbonyl (C=O) groups excluding carboxylic acids is 2. The predicted octanol–water partition coefficient (Wildman–Crippen LogP) is 3.62. The third kappa shape index (κ3) is 8.55. The highest BCUT2D eigenvalue weighted by Gasteiger charge is 2.28. The van der Waals surface area contributed by atoms with Crippen molar-refractivity contribution >= 4 is 27.5 Å². The molecule has 198 valence electrons. The normalized spacial score (nSPS) is 12.0. The van der Waals surface area contributed by atoms with Crippen LogP contribution in [0, 0.1) is 0 Å². The van der Waals surface area contributed by atoms with E-state index in [0.29, 0.717) is 43.8 Å². The lowest BCUT2D eigenvalue weighted by Gasteiger charge is -2.31. The molecule has 0 aliphatic heterocycles. The number of methoxy groups -OCH3 is 1. The van der Waals surface area contributed by atoms with E-state index in [2.05, 4.69) is 5.32 Å². The molecule has 0 fully saturated rings. The molecule has 0 aliphatic rings. The van der Waals surface area contributed by atoms with E-state index in [0.717, 1.165) is 18.2 Å². The van der Waals surface area contributed by atoms with Gasteiger partial charge in [-0.1, -0.05) is 56.3 Å². The van der Waals surface area contributed by atoms with Crippen molar-refractivity contribution in [3.05, 3.63) is 60.2 Å². The van der Waals surface area contributed by atoms with Gasteiger partial charge in [0, 0.05) is 26.1 Å². The van der Waals surface area contributed by atoms with Gasteiger partial charge >= 0.3 is 0 Å². The second kappa shape index (κ2) is 14.5. The molecule has 2 rings (SSSR count). The summed E-state index contributed by atoms with van der Waals surface area (Å²) < 4.78 is 31.7. The number of amides is 2. The molecule has 2 aromatic carbocycles. The number of nitrogens with zero attached hydrogens (tertiary/aromatic N) is 2. The number of anilines is 1. The largest absolute Gasteiger partial charge is 0.495 e. The lowest BCUT2D eigenvalue weighted by atomic mass is 10.1. The van der Waals surface area contributed by atoms with E-state index in [4.69, 9.17) is 4.74 Å². The molecule has 2 amide bonds. The number of para-hydroxylation sites is 2. The molecule has 0 aliphatic carbocycles. The van der Waals surface area contributed by atoms with Gasteiger partial charge in [-0.25, -0.2) is 8.42 Å². The lowest BCUT2D eigenvalue weighted by Crippen LogP contribution is -2.50. The van der Waals surface area contributed by atoms with Crippen LogP contribution in [0.3, 0.4) is 0 Å². The predicted molar refractivity (Wildman–Crippen MR) is 144 cm³/mol. The monoisotopic (exact) mass is 517 g/mol. The van der Waals surface area contributed by atoms with Crippen molar-refractivity contribution in [3.63, 3.8) is 0 Å². The van der Waals surface area contributed by atoms with Crippen molar-refractivity contribution in [1.29, 1.82) is 0 Å². The Kier molecular flexibility index (Phi) is 11.7. The van der Waals surface area contributed by atoms with Gasteiger partial charge in [0.1, 0.15) is 11.8 Å². The minimum absolute atomic E-state index is 0.119. The van der Waals surface area contributed by atoms with Gasteiger partial charge in [-0.2, -0.15) is 0 Å². The van der Waals surface area contributed by atoms with E-state index >= 15 is 0 Å². The second-order valence-corrected chi connectivity index (χ2v) is 10.6. The minimum atomic E-state index is -3.60. The van der Waals surface area contributed by atoms with E-state index < -0.39 is 16.1 Å². The van der Waals surface area contributed by atoms with E-state index in [1.54, 1.807) is 29.2 Å². The molecule has 1 N–H and O–H groups in total. The number of benzene rings is 2. The Morgan fingerprint density at radius 2 is 1.67 bits per heavy atom. The van der Waals surface area contributed by atoms with Crippen LogP contribution in [-0.4, -0.2) is 64.2 Å². The smallest absolute Gasteiger partial charge is 0.242 e. The third-order valence-corrected chi connectivity index (χ3v) is 7.11. The van der Waals surface area contributed by atoms with Crippen LogP contribution in [0.15, 0.2) is 54.6 Å². The van der Waals surface area contributed by atoms with E-state index in [-0.39, 0.29) is 24.8 Å². The van der Waals surface area contributed by atoms with Gasteiger partial charge in [0.25, 0.3) is 0 Å². The maximum Gasteiger partial charge on any atom is 0.242 e. The van der Waals surface area contributed by atoms with Crippen LogP contribution in [0.4, 0.5) is 5.69 Å². The van der Waals surface area contributed by atoms with Crippen LogP contribution in [0.5, 0.6) is 5.75 Å². The van der Waals surface area contributed by atoms with Gasteiger partial charge in [0.2, 0.25) is 21.8 Å². The van der Waals surface area contributed by atoms with Gasteiger partial charge in [-0.05, 0) is 43.4 Å². The van der Waals surface area contributed by atoms with Crippen molar-refractivity contribution in [1.82, 2.24) is 10.2 Å². The molecule has 0 unspecified atom stereocenters. The number of ether oxygens (including phenoxy) is 1. The van der Waals surface area contributed by atoms with Crippen molar-refractivity contribution in [3.8, 4) is 5.75 Å². The summed E-state index contributed by atoms with van der Waals surface area (Å²) >= 11 is 0. The van der Waals surface area contributed by atoms with E-state index in [1.807, 2.05) is 44.2 Å². The van der Waals surface area contributed by atoms with Crippen molar-refractivity contribution in [2.24, 2.45) is 0 Å². The summed E-state index contributed by atoms with van der Waals surface area (Å²) in [6.45, 7) is 4.96.